The molecule has 0 aliphatic carbocycles. The number of sulfonamides is 1. The molecule has 6 nitrogen and oxygen atoms in total. The predicted octanol–water partition coefficient (Wildman–Crippen LogP) is 0.0111. The van der Waals surface area contributed by atoms with Gasteiger partial charge in [-0.25, -0.2) is 22.3 Å². The quantitative estimate of drug-likeness (QED) is 0.841. The maximum atomic E-state index is 13.1. The molecule has 0 radical (unpaired) electrons. The molecule has 1 aromatic carbocycles. The van der Waals surface area contributed by atoms with E-state index in [9.17, 15) is 22.0 Å². The van der Waals surface area contributed by atoms with Crippen LogP contribution in [0.3, 0.4) is 0 Å². The number of nitrogens with two attached hydrogens (primary N) is 1. The van der Waals surface area contributed by atoms with Gasteiger partial charge in [0.1, 0.15) is 11.6 Å². The third-order valence-electron chi connectivity index (χ3n) is 3.46. The summed E-state index contributed by atoms with van der Waals surface area (Å²) in [6.07, 6.45) is 0. The first kappa shape index (κ1) is 16.8. The van der Waals surface area contributed by atoms with Crippen molar-refractivity contribution in [2.75, 3.05) is 38.5 Å². The molecule has 1 heterocycles. The highest BCUT2D eigenvalue weighted by atomic mass is 32.2. The number of carbonyl (C=O) groups excluding carboxylic acids is 1. The molecule has 0 unspecified atom stereocenters. The largest absolute Gasteiger partial charge is 0.336 e. The van der Waals surface area contributed by atoms with Crippen molar-refractivity contribution in [1.82, 2.24) is 9.80 Å². The Kier molecular flexibility index (Phi) is 5.09. The third-order valence-corrected chi connectivity index (χ3v) is 4.21. The van der Waals surface area contributed by atoms with E-state index in [-0.39, 0.29) is 11.3 Å². The van der Waals surface area contributed by atoms with Crippen LogP contribution >= 0.6 is 0 Å². The van der Waals surface area contributed by atoms with Crippen LogP contribution in [0, 0.1) is 11.6 Å². The fraction of sp³-hybridized carbons (Fsp3) is 0.462. The van der Waals surface area contributed by atoms with Crippen molar-refractivity contribution in [3.8, 4) is 0 Å². The van der Waals surface area contributed by atoms with Crippen LogP contribution in [0.5, 0.6) is 0 Å². The Hall–Kier alpha value is -1.58. The van der Waals surface area contributed by atoms with Crippen molar-refractivity contribution >= 4 is 15.9 Å². The van der Waals surface area contributed by atoms with E-state index in [1.807, 2.05) is 4.90 Å². The molecule has 1 aromatic rings. The van der Waals surface area contributed by atoms with Gasteiger partial charge in [-0.05, 0) is 12.1 Å². The van der Waals surface area contributed by atoms with Gasteiger partial charge in [-0.15, -0.1) is 0 Å². The molecular formula is C13H17F2N3O3S. The average molecular weight is 333 g/mol. The molecule has 0 atom stereocenters. The number of halogens is 2. The zero-order valence-corrected chi connectivity index (χ0v) is 12.7. The highest BCUT2D eigenvalue weighted by Gasteiger charge is 2.23. The molecule has 0 bridgehead atoms. The van der Waals surface area contributed by atoms with Crippen LogP contribution in [0.25, 0.3) is 0 Å². The normalized spacial score (nSPS) is 16.8. The first-order valence-electron chi connectivity index (χ1n) is 6.73. The Morgan fingerprint density at radius 3 is 2.14 bits per heavy atom. The summed E-state index contributed by atoms with van der Waals surface area (Å²) in [6, 6.07) is 2.71. The average Bonchev–Trinajstić information content (AvgIpc) is 2.43. The number of hydrogen-bond acceptors (Lipinski definition) is 4. The summed E-state index contributed by atoms with van der Waals surface area (Å²) in [7, 11) is -3.51. The number of piperazine rings is 1. The van der Waals surface area contributed by atoms with Gasteiger partial charge < -0.3 is 4.90 Å². The summed E-state index contributed by atoms with van der Waals surface area (Å²) >= 11 is 0. The fourth-order valence-electron chi connectivity index (χ4n) is 2.29. The Bertz CT molecular complexity index is 638. The molecule has 1 amide bonds. The monoisotopic (exact) mass is 333 g/mol. The maximum Gasteiger partial charge on any atom is 0.254 e. The number of hydrogen-bond donors (Lipinski definition) is 1. The van der Waals surface area contributed by atoms with E-state index in [4.69, 9.17) is 5.14 Å². The second-order valence-corrected chi connectivity index (χ2v) is 6.89. The van der Waals surface area contributed by atoms with Gasteiger partial charge in [0.15, 0.2) is 0 Å². The van der Waals surface area contributed by atoms with E-state index < -0.39 is 27.6 Å². The lowest BCUT2D eigenvalue weighted by molar-refractivity contribution is 0.0643. The molecular weight excluding hydrogens is 316 g/mol. The van der Waals surface area contributed by atoms with Crippen molar-refractivity contribution in [2.24, 2.45) is 5.14 Å². The van der Waals surface area contributed by atoms with Gasteiger partial charge in [-0.1, -0.05) is 0 Å². The summed E-state index contributed by atoms with van der Waals surface area (Å²) < 4.78 is 48.1. The molecule has 1 aliphatic rings. The van der Waals surface area contributed by atoms with Crippen molar-refractivity contribution < 1.29 is 22.0 Å². The van der Waals surface area contributed by atoms with Gasteiger partial charge >= 0.3 is 0 Å². The van der Waals surface area contributed by atoms with E-state index in [0.29, 0.717) is 38.8 Å². The standard InChI is InChI=1S/C13H17F2N3O3S/c14-11-7-10(8-12(15)9-11)13(19)18-3-1-17(2-4-18)5-6-22(16,20)21/h7-9H,1-6H2,(H2,16,20,21). The lowest BCUT2D eigenvalue weighted by atomic mass is 10.1. The predicted molar refractivity (Wildman–Crippen MR) is 76.7 cm³/mol. The van der Waals surface area contributed by atoms with Crippen LogP contribution in [-0.4, -0.2) is 62.6 Å². The van der Waals surface area contributed by atoms with Gasteiger partial charge in [0.2, 0.25) is 10.0 Å². The topological polar surface area (TPSA) is 83.7 Å². The van der Waals surface area contributed by atoms with Crippen LogP contribution < -0.4 is 5.14 Å². The molecule has 1 fully saturated rings. The van der Waals surface area contributed by atoms with Crippen LogP contribution in [0.1, 0.15) is 10.4 Å². The van der Waals surface area contributed by atoms with Crippen LogP contribution in [0.15, 0.2) is 18.2 Å². The molecule has 1 saturated heterocycles. The smallest absolute Gasteiger partial charge is 0.254 e. The molecule has 2 N–H and O–H groups in total. The van der Waals surface area contributed by atoms with Crippen LogP contribution in [-0.2, 0) is 10.0 Å². The molecule has 0 saturated carbocycles. The Morgan fingerprint density at radius 1 is 1.09 bits per heavy atom. The van der Waals surface area contributed by atoms with E-state index >= 15 is 0 Å². The minimum atomic E-state index is -3.51. The number of rotatable bonds is 4. The highest BCUT2D eigenvalue weighted by molar-refractivity contribution is 7.89. The summed E-state index contributed by atoms with van der Waals surface area (Å²) in [5.41, 5.74) is -0.0320. The molecule has 0 aromatic heterocycles. The summed E-state index contributed by atoms with van der Waals surface area (Å²) in [5, 5.41) is 4.94. The van der Waals surface area contributed by atoms with Crippen LogP contribution in [0.2, 0.25) is 0 Å². The Labute approximate surface area is 127 Å². The second kappa shape index (κ2) is 6.67. The first-order valence-corrected chi connectivity index (χ1v) is 8.44. The molecule has 9 heteroatoms. The number of benzene rings is 1. The summed E-state index contributed by atoms with van der Waals surface area (Å²) in [4.78, 5) is 15.5. The Balaban J connectivity index is 1.92. The second-order valence-electron chi connectivity index (χ2n) is 5.16. The van der Waals surface area contributed by atoms with E-state index in [1.54, 1.807) is 0 Å². The van der Waals surface area contributed by atoms with Gasteiger partial charge in [-0.2, -0.15) is 0 Å². The number of primary sulfonamides is 1. The number of carbonyl (C=O) groups is 1. The van der Waals surface area contributed by atoms with Gasteiger partial charge in [0.05, 0.1) is 5.75 Å². The molecule has 122 valence electrons. The molecule has 22 heavy (non-hydrogen) atoms. The van der Waals surface area contributed by atoms with E-state index in [1.165, 1.54) is 4.90 Å². The minimum absolute atomic E-state index is 0.0320. The highest BCUT2D eigenvalue weighted by Crippen LogP contribution is 2.12. The maximum absolute atomic E-state index is 13.1. The molecule has 1 aliphatic heterocycles. The summed E-state index contributed by atoms with van der Waals surface area (Å²) in [6.45, 7) is 2.00. The first-order chi connectivity index (χ1) is 10.2. The lowest BCUT2D eigenvalue weighted by Crippen LogP contribution is -2.49. The zero-order chi connectivity index (χ0) is 16.3. The number of amides is 1. The van der Waals surface area contributed by atoms with E-state index in [0.717, 1.165) is 12.1 Å². The van der Waals surface area contributed by atoms with Gasteiger partial charge in [0, 0.05) is 44.4 Å². The Morgan fingerprint density at radius 2 is 1.64 bits per heavy atom. The van der Waals surface area contributed by atoms with Gasteiger partial charge in [0.25, 0.3) is 5.91 Å². The zero-order valence-electron chi connectivity index (χ0n) is 11.8. The van der Waals surface area contributed by atoms with Crippen molar-refractivity contribution in [3.63, 3.8) is 0 Å². The lowest BCUT2D eigenvalue weighted by Gasteiger charge is -2.34. The van der Waals surface area contributed by atoms with Crippen molar-refractivity contribution in [3.05, 3.63) is 35.4 Å². The SMILES string of the molecule is NS(=O)(=O)CCN1CCN(C(=O)c2cc(F)cc(F)c2)CC1. The fourth-order valence-corrected chi connectivity index (χ4v) is 2.80. The molecule has 2 rings (SSSR count). The van der Waals surface area contributed by atoms with Gasteiger partial charge in [-0.3, -0.25) is 9.69 Å². The summed E-state index contributed by atoms with van der Waals surface area (Å²) in [5.74, 6) is -2.18. The van der Waals surface area contributed by atoms with Crippen molar-refractivity contribution in [1.29, 1.82) is 0 Å². The molecule has 0 spiro atoms. The van der Waals surface area contributed by atoms with Crippen molar-refractivity contribution in [2.45, 2.75) is 0 Å². The number of nitrogens with zero attached hydrogens (tertiary/aromatic N) is 2. The van der Waals surface area contributed by atoms with E-state index in [2.05, 4.69) is 0 Å². The third kappa shape index (κ3) is 4.72. The van der Waals surface area contributed by atoms with Crippen LogP contribution in [0.4, 0.5) is 8.78 Å². The minimum Gasteiger partial charge on any atom is -0.336 e.